The molecule has 8 heteroatoms. The summed E-state index contributed by atoms with van der Waals surface area (Å²) in [5.41, 5.74) is 6.95. The predicted octanol–water partition coefficient (Wildman–Crippen LogP) is 3.01. The van der Waals surface area contributed by atoms with Crippen molar-refractivity contribution >= 4 is 34.6 Å². The van der Waals surface area contributed by atoms with Gasteiger partial charge in [0.05, 0.1) is 0 Å². The van der Waals surface area contributed by atoms with E-state index < -0.39 is 5.25 Å². The van der Waals surface area contributed by atoms with Gasteiger partial charge in [-0.3, -0.25) is 14.7 Å². The minimum Gasteiger partial charge on any atom is -0.378 e. The summed E-state index contributed by atoms with van der Waals surface area (Å²) in [6.07, 6.45) is 4.77. The first-order valence-electron chi connectivity index (χ1n) is 9.12. The van der Waals surface area contributed by atoms with Crippen LogP contribution in [0.15, 0.2) is 11.1 Å². The van der Waals surface area contributed by atoms with E-state index in [1.807, 2.05) is 6.07 Å². The Bertz CT molecular complexity index is 713. The zero-order valence-corrected chi connectivity index (χ0v) is 16.4. The Morgan fingerprint density at radius 1 is 1.35 bits per heavy atom. The molecule has 0 bridgehead atoms. The normalized spacial score (nSPS) is 26.7. The monoisotopic (exact) mass is 377 g/mol. The van der Waals surface area contributed by atoms with Gasteiger partial charge in [-0.05, 0) is 37.0 Å². The average molecular weight is 378 g/mol. The van der Waals surface area contributed by atoms with Crippen molar-refractivity contribution in [3.63, 3.8) is 0 Å². The third-order valence-electron chi connectivity index (χ3n) is 5.39. The van der Waals surface area contributed by atoms with Crippen LogP contribution in [0.1, 0.15) is 64.5 Å². The fourth-order valence-corrected chi connectivity index (χ4v) is 4.60. The minimum absolute atomic E-state index is 0.0482. The van der Waals surface area contributed by atoms with E-state index in [1.165, 1.54) is 12.8 Å². The van der Waals surface area contributed by atoms with Gasteiger partial charge in [0.1, 0.15) is 5.25 Å². The van der Waals surface area contributed by atoms with E-state index >= 15 is 0 Å². The smallest absolute Gasteiger partial charge is 0.262 e. The molecule has 7 nitrogen and oxygen atoms in total. The van der Waals surface area contributed by atoms with E-state index in [-0.39, 0.29) is 23.4 Å². The number of rotatable bonds is 4. The number of hydrogen-bond acceptors (Lipinski definition) is 5. The Morgan fingerprint density at radius 3 is 2.62 bits per heavy atom. The number of aromatic amines is 1. The minimum atomic E-state index is -0.527. The first-order chi connectivity index (χ1) is 12.2. The summed E-state index contributed by atoms with van der Waals surface area (Å²) < 4.78 is 0. The number of H-pyrrole nitrogens is 1. The topological polar surface area (TPSA) is 113 Å². The lowest BCUT2D eigenvalue weighted by atomic mass is 9.69. The molecule has 0 spiro atoms. The lowest BCUT2D eigenvalue weighted by Gasteiger charge is -2.36. The number of thioether (sulfide) groups is 1. The molecule has 1 fully saturated rings. The van der Waals surface area contributed by atoms with Crippen LogP contribution in [0.5, 0.6) is 0 Å². The molecule has 1 atom stereocenters. The predicted molar refractivity (Wildman–Crippen MR) is 104 cm³/mol. The van der Waals surface area contributed by atoms with E-state index in [1.54, 1.807) is 0 Å². The fourth-order valence-electron chi connectivity index (χ4n) is 3.77. The third-order valence-corrected chi connectivity index (χ3v) is 6.37. The molecule has 0 unspecified atom stereocenters. The standard InChI is InChI=1S/C18H27N5O2S/c1-18(2,3)11-6-4-10(5-7-11)12-8-14(23-22-12)20-15(24)9-13-16(25)21-17(19)26-13/h8,10-11,13H,4-7,9H2,1-3H3,(H2,19,21,25)(H2,20,22,23,24)/t10?,11?,13-/m0/s1. The molecule has 1 aliphatic carbocycles. The van der Waals surface area contributed by atoms with Crippen LogP contribution < -0.4 is 11.1 Å². The first kappa shape index (κ1) is 18.9. The van der Waals surface area contributed by atoms with Crippen molar-refractivity contribution in [1.82, 2.24) is 10.2 Å². The van der Waals surface area contributed by atoms with Crippen molar-refractivity contribution in [2.75, 3.05) is 5.32 Å². The molecule has 1 aliphatic heterocycles. The Morgan fingerprint density at radius 2 is 2.04 bits per heavy atom. The van der Waals surface area contributed by atoms with Gasteiger partial charge in [0.2, 0.25) is 5.91 Å². The average Bonchev–Trinajstić information content (AvgIpc) is 3.13. The van der Waals surface area contributed by atoms with Gasteiger partial charge < -0.3 is 11.1 Å². The molecule has 1 aromatic rings. The summed E-state index contributed by atoms with van der Waals surface area (Å²) >= 11 is 1.13. The van der Waals surface area contributed by atoms with Gasteiger partial charge in [0.25, 0.3) is 5.91 Å². The van der Waals surface area contributed by atoms with Crippen molar-refractivity contribution in [1.29, 1.82) is 0 Å². The number of nitrogens with zero attached hydrogens (tertiary/aromatic N) is 2. The van der Waals surface area contributed by atoms with Crippen LogP contribution in [0.4, 0.5) is 5.82 Å². The van der Waals surface area contributed by atoms with Crippen molar-refractivity contribution in [2.24, 2.45) is 22.1 Å². The van der Waals surface area contributed by atoms with Crippen molar-refractivity contribution in [3.8, 4) is 0 Å². The summed E-state index contributed by atoms with van der Waals surface area (Å²) in [4.78, 5) is 27.4. The summed E-state index contributed by atoms with van der Waals surface area (Å²) in [6.45, 7) is 6.94. The summed E-state index contributed by atoms with van der Waals surface area (Å²) in [7, 11) is 0. The number of aromatic nitrogens is 2. The largest absolute Gasteiger partial charge is 0.378 e. The maximum atomic E-state index is 12.1. The highest BCUT2D eigenvalue weighted by atomic mass is 32.2. The molecule has 142 valence electrons. The number of nitrogens with one attached hydrogen (secondary N) is 2. The SMILES string of the molecule is CC(C)(C)C1CCC(c2cc(NC(=O)C[C@@H]3SC(N)=NC3=O)n[nH]2)CC1. The highest BCUT2D eigenvalue weighted by Gasteiger charge is 2.31. The van der Waals surface area contributed by atoms with Crippen LogP contribution in [0.25, 0.3) is 0 Å². The molecule has 0 radical (unpaired) electrons. The van der Waals surface area contributed by atoms with Gasteiger partial charge in [-0.2, -0.15) is 10.1 Å². The summed E-state index contributed by atoms with van der Waals surface area (Å²) in [5.74, 6) is 1.13. The molecule has 26 heavy (non-hydrogen) atoms. The maximum Gasteiger partial charge on any atom is 0.262 e. The molecule has 3 rings (SSSR count). The summed E-state index contributed by atoms with van der Waals surface area (Å²) in [5, 5.41) is 9.72. The zero-order chi connectivity index (χ0) is 18.9. The van der Waals surface area contributed by atoms with Crippen LogP contribution in [0.3, 0.4) is 0 Å². The Hall–Kier alpha value is -1.83. The molecule has 2 amide bonds. The van der Waals surface area contributed by atoms with E-state index in [4.69, 9.17) is 5.73 Å². The number of amidine groups is 1. The van der Waals surface area contributed by atoms with E-state index in [0.29, 0.717) is 17.2 Å². The van der Waals surface area contributed by atoms with E-state index in [0.717, 1.165) is 36.2 Å². The van der Waals surface area contributed by atoms with Crippen LogP contribution in [-0.2, 0) is 9.59 Å². The molecule has 1 aromatic heterocycles. The van der Waals surface area contributed by atoms with E-state index in [2.05, 4.69) is 41.3 Å². The Labute approximate surface area is 158 Å². The number of carbonyl (C=O) groups is 2. The number of aliphatic imine (C=N–C) groups is 1. The molecule has 2 aliphatic rings. The lowest BCUT2D eigenvalue weighted by molar-refractivity contribution is -0.121. The molecule has 2 heterocycles. The molecular formula is C18H27N5O2S. The molecule has 4 N–H and O–H groups in total. The summed E-state index contributed by atoms with van der Waals surface area (Å²) in [6, 6.07) is 1.91. The Kier molecular flexibility index (Phi) is 5.41. The number of amides is 2. The number of anilines is 1. The second-order valence-electron chi connectivity index (χ2n) is 8.27. The van der Waals surface area contributed by atoms with Crippen molar-refractivity contribution in [2.45, 2.75) is 64.0 Å². The van der Waals surface area contributed by atoms with Crippen molar-refractivity contribution in [3.05, 3.63) is 11.8 Å². The highest BCUT2D eigenvalue weighted by molar-refractivity contribution is 8.15. The van der Waals surface area contributed by atoms with Crippen LogP contribution in [0, 0.1) is 11.3 Å². The zero-order valence-electron chi connectivity index (χ0n) is 15.5. The van der Waals surface area contributed by atoms with Crippen LogP contribution in [0.2, 0.25) is 0 Å². The fraction of sp³-hybridized carbons (Fsp3) is 0.667. The molecule has 1 saturated carbocycles. The van der Waals surface area contributed by atoms with Gasteiger partial charge in [0.15, 0.2) is 11.0 Å². The first-order valence-corrected chi connectivity index (χ1v) is 10.00. The maximum absolute atomic E-state index is 12.1. The van der Waals surface area contributed by atoms with Gasteiger partial charge >= 0.3 is 0 Å². The number of hydrogen-bond donors (Lipinski definition) is 3. The lowest BCUT2D eigenvalue weighted by Crippen LogP contribution is -2.25. The third kappa shape index (κ3) is 4.47. The number of carbonyl (C=O) groups excluding carboxylic acids is 2. The number of nitrogens with two attached hydrogens (primary N) is 1. The van der Waals surface area contributed by atoms with E-state index in [9.17, 15) is 9.59 Å². The van der Waals surface area contributed by atoms with Gasteiger partial charge in [-0.25, -0.2) is 0 Å². The molecule has 0 saturated heterocycles. The molecule has 0 aromatic carbocycles. The molecular weight excluding hydrogens is 350 g/mol. The van der Waals surface area contributed by atoms with Crippen LogP contribution in [-0.4, -0.2) is 32.4 Å². The Balaban J connectivity index is 1.51. The second-order valence-corrected chi connectivity index (χ2v) is 9.49. The quantitative estimate of drug-likeness (QED) is 0.746. The van der Waals surface area contributed by atoms with Gasteiger partial charge in [0, 0.05) is 24.1 Å². The van der Waals surface area contributed by atoms with Gasteiger partial charge in [-0.1, -0.05) is 32.5 Å². The second kappa shape index (κ2) is 7.42. The van der Waals surface area contributed by atoms with Gasteiger partial charge in [-0.15, -0.1) is 0 Å². The highest BCUT2D eigenvalue weighted by Crippen LogP contribution is 2.43. The van der Waals surface area contributed by atoms with Crippen molar-refractivity contribution < 1.29 is 9.59 Å². The van der Waals surface area contributed by atoms with Crippen LogP contribution >= 0.6 is 11.8 Å².